The molecule has 142 valence electrons. The smallest absolute Gasteiger partial charge is 0.254 e. The maximum absolute atomic E-state index is 13.9. The zero-order chi connectivity index (χ0) is 18.6. The van der Waals surface area contributed by atoms with Gasteiger partial charge in [-0.1, -0.05) is 18.2 Å². The van der Waals surface area contributed by atoms with E-state index in [4.69, 9.17) is 14.2 Å². The van der Waals surface area contributed by atoms with Crippen LogP contribution in [0.25, 0.3) is 0 Å². The van der Waals surface area contributed by atoms with Crippen molar-refractivity contribution in [2.75, 3.05) is 39.6 Å². The van der Waals surface area contributed by atoms with E-state index in [1.165, 1.54) is 12.1 Å². The summed E-state index contributed by atoms with van der Waals surface area (Å²) in [6, 6.07) is 11.7. The molecule has 1 atom stereocenters. The van der Waals surface area contributed by atoms with Gasteiger partial charge < -0.3 is 19.5 Å². The Morgan fingerprint density at radius 1 is 1.11 bits per heavy atom. The number of hydrogen-bond acceptors (Lipinski definition) is 5. The number of ether oxygens (including phenoxy) is 3. The van der Waals surface area contributed by atoms with Crippen LogP contribution in [0, 0.1) is 5.82 Å². The average Bonchev–Trinajstić information content (AvgIpc) is 3.17. The first-order chi connectivity index (χ1) is 13.2. The number of morpholine rings is 1. The van der Waals surface area contributed by atoms with Crippen LogP contribution < -0.4 is 14.8 Å². The predicted molar refractivity (Wildman–Crippen MR) is 96.4 cm³/mol. The van der Waals surface area contributed by atoms with Gasteiger partial charge in [-0.3, -0.25) is 9.69 Å². The number of carbonyl (C=O) groups excluding carboxylic acids is 1. The molecule has 4 rings (SSSR count). The van der Waals surface area contributed by atoms with Crippen molar-refractivity contribution in [3.8, 4) is 11.5 Å². The van der Waals surface area contributed by atoms with Gasteiger partial charge in [-0.25, -0.2) is 4.39 Å². The van der Waals surface area contributed by atoms with Crippen molar-refractivity contribution in [3.05, 3.63) is 59.4 Å². The minimum atomic E-state index is -0.527. The van der Waals surface area contributed by atoms with E-state index in [0.717, 1.165) is 24.4 Å². The molecule has 0 aromatic heterocycles. The highest BCUT2D eigenvalue weighted by Gasteiger charge is 2.26. The molecular weight excluding hydrogens is 351 g/mol. The van der Waals surface area contributed by atoms with Gasteiger partial charge in [0.05, 0.1) is 24.8 Å². The van der Waals surface area contributed by atoms with Gasteiger partial charge >= 0.3 is 0 Å². The van der Waals surface area contributed by atoms with E-state index in [0.29, 0.717) is 25.5 Å². The summed E-state index contributed by atoms with van der Waals surface area (Å²) in [5, 5.41) is 2.87. The summed E-state index contributed by atoms with van der Waals surface area (Å²) in [4.78, 5) is 14.7. The second-order valence-electron chi connectivity index (χ2n) is 6.47. The maximum Gasteiger partial charge on any atom is 0.254 e. The van der Waals surface area contributed by atoms with Gasteiger partial charge in [0, 0.05) is 19.6 Å². The Morgan fingerprint density at radius 3 is 2.70 bits per heavy atom. The molecule has 6 nitrogen and oxygen atoms in total. The lowest BCUT2D eigenvalue weighted by molar-refractivity contribution is 0.0162. The fourth-order valence-corrected chi connectivity index (χ4v) is 3.40. The van der Waals surface area contributed by atoms with E-state index >= 15 is 0 Å². The Balaban J connectivity index is 1.53. The first kappa shape index (κ1) is 17.8. The number of carbonyl (C=O) groups is 1. The molecule has 27 heavy (non-hydrogen) atoms. The summed E-state index contributed by atoms with van der Waals surface area (Å²) in [6.45, 7) is 3.37. The van der Waals surface area contributed by atoms with Crippen LogP contribution in [-0.4, -0.2) is 50.4 Å². The van der Waals surface area contributed by atoms with Crippen molar-refractivity contribution >= 4 is 5.91 Å². The lowest BCUT2D eigenvalue weighted by atomic mass is 10.0. The lowest BCUT2D eigenvalue weighted by Crippen LogP contribution is -2.43. The van der Waals surface area contributed by atoms with Gasteiger partial charge in [0.25, 0.3) is 5.91 Å². The van der Waals surface area contributed by atoms with E-state index in [2.05, 4.69) is 10.2 Å². The highest BCUT2D eigenvalue weighted by atomic mass is 19.1. The molecule has 7 heteroatoms. The number of nitrogens with one attached hydrogen (secondary N) is 1. The number of halogens is 1. The van der Waals surface area contributed by atoms with Gasteiger partial charge in [0.15, 0.2) is 11.5 Å². The molecule has 0 radical (unpaired) electrons. The van der Waals surface area contributed by atoms with Crippen molar-refractivity contribution < 1.29 is 23.4 Å². The molecule has 1 saturated heterocycles. The van der Waals surface area contributed by atoms with Gasteiger partial charge in [-0.05, 0) is 29.8 Å². The largest absolute Gasteiger partial charge is 0.454 e. The molecule has 0 bridgehead atoms. The molecule has 2 aromatic carbocycles. The van der Waals surface area contributed by atoms with Crippen LogP contribution in [0.15, 0.2) is 42.5 Å². The second kappa shape index (κ2) is 7.94. The molecule has 0 aliphatic carbocycles. The fraction of sp³-hybridized carbons (Fsp3) is 0.350. The molecule has 1 amide bonds. The zero-order valence-electron chi connectivity index (χ0n) is 14.8. The zero-order valence-corrected chi connectivity index (χ0v) is 14.8. The topological polar surface area (TPSA) is 60.0 Å². The molecule has 0 unspecified atom stereocenters. The van der Waals surface area contributed by atoms with Crippen LogP contribution >= 0.6 is 0 Å². The van der Waals surface area contributed by atoms with E-state index < -0.39 is 11.7 Å². The van der Waals surface area contributed by atoms with Crippen molar-refractivity contribution in [1.82, 2.24) is 10.2 Å². The summed E-state index contributed by atoms with van der Waals surface area (Å²) < 4.78 is 30.2. The normalized spacial score (nSPS) is 17.5. The van der Waals surface area contributed by atoms with Gasteiger partial charge in [0.1, 0.15) is 5.82 Å². The average molecular weight is 372 g/mol. The Bertz CT molecular complexity index is 823. The molecule has 2 aliphatic rings. The number of fused-ring (bicyclic) bond motifs is 1. The molecule has 1 fully saturated rings. The lowest BCUT2D eigenvalue weighted by Gasteiger charge is -2.35. The molecule has 2 aliphatic heterocycles. The fourth-order valence-electron chi connectivity index (χ4n) is 3.40. The Labute approximate surface area is 156 Å². The third-order valence-electron chi connectivity index (χ3n) is 4.84. The summed E-state index contributed by atoms with van der Waals surface area (Å²) >= 11 is 0. The number of rotatable bonds is 5. The molecule has 1 N–H and O–H groups in total. The number of amides is 1. The third-order valence-corrected chi connectivity index (χ3v) is 4.84. The molecular formula is C20H21FN2O4. The third kappa shape index (κ3) is 3.89. The first-order valence-corrected chi connectivity index (χ1v) is 8.96. The molecule has 0 spiro atoms. The second-order valence-corrected chi connectivity index (χ2v) is 6.47. The summed E-state index contributed by atoms with van der Waals surface area (Å²) in [5.74, 6) is 0.467. The van der Waals surface area contributed by atoms with Crippen LogP contribution in [0.5, 0.6) is 11.5 Å². The summed E-state index contributed by atoms with van der Waals surface area (Å²) in [7, 11) is 0. The Hall–Kier alpha value is -2.64. The Kier molecular flexibility index (Phi) is 5.22. The van der Waals surface area contributed by atoms with Crippen molar-refractivity contribution in [2.45, 2.75) is 6.04 Å². The van der Waals surface area contributed by atoms with Crippen LogP contribution in [-0.2, 0) is 4.74 Å². The van der Waals surface area contributed by atoms with Crippen LogP contribution in [0.3, 0.4) is 0 Å². The van der Waals surface area contributed by atoms with Crippen LogP contribution in [0.4, 0.5) is 4.39 Å². The van der Waals surface area contributed by atoms with Gasteiger partial charge in [-0.15, -0.1) is 0 Å². The maximum atomic E-state index is 13.9. The summed E-state index contributed by atoms with van der Waals surface area (Å²) in [5.41, 5.74) is 1.05. The van der Waals surface area contributed by atoms with Crippen molar-refractivity contribution in [2.24, 2.45) is 0 Å². The van der Waals surface area contributed by atoms with Crippen molar-refractivity contribution in [3.63, 3.8) is 0 Å². The first-order valence-electron chi connectivity index (χ1n) is 8.96. The van der Waals surface area contributed by atoms with Crippen molar-refractivity contribution in [1.29, 1.82) is 0 Å². The quantitative estimate of drug-likeness (QED) is 0.873. The SMILES string of the molecule is O=C(NC[C@@H](c1ccc2c(c1)OCO2)N1CCOCC1)c1ccccc1F. The predicted octanol–water partition coefficient (Wildman–Crippen LogP) is 2.36. The van der Waals surface area contributed by atoms with Crippen LogP contribution in [0.1, 0.15) is 22.0 Å². The van der Waals surface area contributed by atoms with E-state index in [1.54, 1.807) is 12.1 Å². The number of benzene rings is 2. The minimum Gasteiger partial charge on any atom is -0.454 e. The number of nitrogens with zero attached hydrogens (tertiary/aromatic N) is 1. The molecule has 2 aromatic rings. The van der Waals surface area contributed by atoms with Crippen LogP contribution in [0.2, 0.25) is 0 Å². The number of hydrogen-bond donors (Lipinski definition) is 1. The van der Waals surface area contributed by atoms with Gasteiger partial charge in [0.2, 0.25) is 6.79 Å². The highest BCUT2D eigenvalue weighted by molar-refractivity contribution is 5.94. The van der Waals surface area contributed by atoms with E-state index in [-0.39, 0.29) is 18.4 Å². The van der Waals surface area contributed by atoms with Gasteiger partial charge in [-0.2, -0.15) is 0 Å². The standard InChI is InChI=1S/C20H21FN2O4/c21-16-4-2-1-3-15(16)20(24)22-12-17(23-7-9-25-10-8-23)14-5-6-18-19(11-14)27-13-26-18/h1-6,11,17H,7-10,12-13H2,(H,22,24)/t17-/m0/s1. The Morgan fingerprint density at radius 2 is 1.89 bits per heavy atom. The molecule has 0 saturated carbocycles. The highest BCUT2D eigenvalue weighted by Crippen LogP contribution is 2.35. The minimum absolute atomic E-state index is 0.0453. The van der Waals surface area contributed by atoms with E-state index in [9.17, 15) is 9.18 Å². The molecule has 2 heterocycles. The van der Waals surface area contributed by atoms with E-state index in [1.807, 2.05) is 18.2 Å². The summed E-state index contributed by atoms with van der Waals surface area (Å²) in [6.07, 6.45) is 0. The monoisotopic (exact) mass is 372 g/mol.